The lowest BCUT2D eigenvalue weighted by Crippen LogP contribution is -2.37. The van der Waals surface area contributed by atoms with E-state index in [0.29, 0.717) is 0 Å². The first-order valence-corrected chi connectivity index (χ1v) is 6.53. The third-order valence-corrected chi connectivity index (χ3v) is 4.11. The minimum absolute atomic E-state index is 0.235. The van der Waals surface area contributed by atoms with Crippen molar-refractivity contribution >= 4 is 10.8 Å². The van der Waals surface area contributed by atoms with Crippen LogP contribution in [0.1, 0.15) is 23.7 Å². The molecule has 0 amide bonds. The monoisotopic (exact) mass is 241 g/mol. The Balaban J connectivity index is 2.14. The van der Waals surface area contributed by atoms with Gasteiger partial charge in [0.25, 0.3) is 0 Å². The van der Waals surface area contributed by atoms with Crippen LogP contribution in [-0.2, 0) is 6.42 Å². The molecule has 0 heterocycles. The Morgan fingerprint density at radius 2 is 1.89 bits per heavy atom. The van der Waals surface area contributed by atoms with Crippen molar-refractivity contribution in [2.45, 2.75) is 25.0 Å². The molecule has 0 saturated carbocycles. The topological polar surface area (TPSA) is 23.5 Å². The number of likely N-dealkylation sites (N-methyl/N-ethyl adjacent to an activating group) is 1. The smallest absolute Gasteiger partial charge is 0.0947 e. The number of nitrogens with zero attached hydrogens (tertiary/aromatic N) is 1. The number of hydrogen-bond donors (Lipinski definition) is 1. The van der Waals surface area contributed by atoms with Crippen LogP contribution >= 0.6 is 0 Å². The summed E-state index contributed by atoms with van der Waals surface area (Å²) < 4.78 is 0. The van der Waals surface area contributed by atoms with Gasteiger partial charge < -0.3 is 10.0 Å². The van der Waals surface area contributed by atoms with E-state index in [1.807, 2.05) is 14.1 Å². The molecule has 0 aliphatic heterocycles. The van der Waals surface area contributed by atoms with E-state index in [-0.39, 0.29) is 12.1 Å². The van der Waals surface area contributed by atoms with Crippen molar-refractivity contribution in [1.82, 2.24) is 4.90 Å². The molecule has 94 valence electrons. The highest BCUT2D eigenvalue weighted by Crippen LogP contribution is 2.36. The maximum Gasteiger partial charge on any atom is 0.0947 e. The van der Waals surface area contributed by atoms with Crippen molar-refractivity contribution in [1.29, 1.82) is 0 Å². The molecule has 2 aromatic rings. The molecule has 1 aliphatic rings. The van der Waals surface area contributed by atoms with Crippen LogP contribution in [0.15, 0.2) is 36.4 Å². The van der Waals surface area contributed by atoms with E-state index >= 15 is 0 Å². The molecule has 2 unspecified atom stereocenters. The number of fused-ring (bicyclic) bond motifs is 3. The molecule has 2 heteroatoms. The first-order chi connectivity index (χ1) is 8.68. The number of aliphatic hydroxyl groups excluding tert-OH is 1. The van der Waals surface area contributed by atoms with Crippen molar-refractivity contribution in [3.05, 3.63) is 47.5 Å². The fourth-order valence-corrected chi connectivity index (χ4v) is 3.11. The van der Waals surface area contributed by atoms with E-state index in [0.717, 1.165) is 18.4 Å². The van der Waals surface area contributed by atoms with Crippen LogP contribution in [0.2, 0.25) is 0 Å². The molecule has 0 radical (unpaired) electrons. The summed E-state index contributed by atoms with van der Waals surface area (Å²) in [6.45, 7) is 0. The predicted molar refractivity (Wildman–Crippen MR) is 74.7 cm³/mol. The third-order valence-electron chi connectivity index (χ3n) is 4.11. The van der Waals surface area contributed by atoms with Gasteiger partial charge >= 0.3 is 0 Å². The minimum Gasteiger partial charge on any atom is -0.387 e. The predicted octanol–water partition coefficient (Wildman–Crippen LogP) is 2.75. The van der Waals surface area contributed by atoms with E-state index in [2.05, 4.69) is 41.3 Å². The molecule has 2 nitrogen and oxygen atoms in total. The van der Waals surface area contributed by atoms with Crippen molar-refractivity contribution in [2.24, 2.45) is 0 Å². The number of hydrogen-bond acceptors (Lipinski definition) is 2. The molecule has 3 rings (SSSR count). The van der Waals surface area contributed by atoms with Gasteiger partial charge in [-0.2, -0.15) is 0 Å². The largest absolute Gasteiger partial charge is 0.387 e. The summed E-state index contributed by atoms with van der Waals surface area (Å²) in [5.74, 6) is 0. The molecule has 1 N–H and O–H groups in total. The Kier molecular flexibility index (Phi) is 2.84. The third kappa shape index (κ3) is 1.73. The van der Waals surface area contributed by atoms with Crippen LogP contribution in [-0.4, -0.2) is 30.1 Å². The average molecular weight is 241 g/mol. The first-order valence-electron chi connectivity index (χ1n) is 6.53. The summed E-state index contributed by atoms with van der Waals surface area (Å²) in [6.07, 6.45) is 1.71. The molecule has 0 aromatic heterocycles. The van der Waals surface area contributed by atoms with Gasteiger partial charge in [-0.15, -0.1) is 0 Å². The zero-order valence-electron chi connectivity index (χ0n) is 10.9. The van der Waals surface area contributed by atoms with Crippen molar-refractivity contribution in [3.8, 4) is 0 Å². The first kappa shape index (κ1) is 11.7. The number of aliphatic hydroxyl groups is 1. The summed E-state index contributed by atoms with van der Waals surface area (Å²) in [6, 6.07) is 12.9. The Morgan fingerprint density at radius 1 is 1.11 bits per heavy atom. The SMILES string of the molecule is CN(C)C1CCc2c(ccc3ccccc23)C1O. The normalized spacial score (nSPS) is 23.3. The maximum atomic E-state index is 10.5. The molecule has 18 heavy (non-hydrogen) atoms. The average Bonchev–Trinajstić information content (AvgIpc) is 2.38. The molecule has 0 fully saturated rings. The highest BCUT2D eigenvalue weighted by atomic mass is 16.3. The second kappa shape index (κ2) is 4.38. The van der Waals surface area contributed by atoms with E-state index in [9.17, 15) is 5.11 Å². The fraction of sp³-hybridized carbons (Fsp3) is 0.375. The van der Waals surface area contributed by atoms with E-state index in [1.54, 1.807) is 0 Å². The summed E-state index contributed by atoms with van der Waals surface area (Å²) in [5.41, 5.74) is 2.44. The van der Waals surface area contributed by atoms with Gasteiger partial charge in [0.15, 0.2) is 0 Å². The lowest BCUT2D eigenvalue weighted by Gasteiger charge is -2.35. The standard InChI is InChI=1S/C16H19NO/c1-17(2)15-10-9-13-12-6-4-3-5-11(12)7-8-14(13)16(15)18/h3-8,15-16,18H,9-10H2,1-2H3. The Morgan fingerprint density at radius 3 is 2.67 bits per heavy atom. The van der Waals surface area contributed by atoms with Crippen LogP contribution in [0.3, 0.4) is 0 Å². The minimum atomic E-state index is -0.367. The van der Waals surface area contributed by atoms with Crippen molar-refractivity contribution in [2.75, 3.05) is 14.1 Å². The second-order valence-corrected chi connectivity index (χ2v) is 5.37. The Bertz CT molecular complexity index is 576. The van der Waals surface area contributed by atoms with Crippen molar-refractivity contribution in [3.63, 3.8) is 0 Å². The fourth-order valence-electron chi connectivity index (χ4n) is 3.11. The number of aryl methyl sites for hydroxylation is 1. The van der Waals surface area contributed by atoms with Crippen LogP contribution in [0, 0.1) is 0 Å². The van der Waals surface area contributed by atoms with Gasteiger partial charge in [-0.1, -0.05) is 36.4 Å². The molecule has 1 aliphatic carbocycles. The summed E-state index contributed by atoms with van der Waals surface area (Å²) in [4.78, 5) is 2.13. The summed E-state index contributed by atoms with van der Waals surface area (Å²) in [5, 5.41) is 13.1. The molecule has 0 spiro atoms. The molecule has 0 saturated heterocycles. The van der Waals surface area contributed by atoms with Gasteiger partial charge in [-0.25, -0.2) is 0 Å². The lowest BCUT2D eigenvalue weighted by atomic mass is 9.82. The van der Waals surface area contributed by atoms with Crippen LogP contribution in [0.5, 0.6) is 0 Å². The van der Waals surface area contributed by atoms with Gasteiger partial charge in [-0.05, 0) is 48.8 Å². The summed E-state index contributed by atoms with van der Waals surface area (Å²) in [7, 11) is 4.08. The zero-order valence-corrected chi connectivity index (χ0v) is 10.9. The summed E-state index contributed by atoms with van der Waals surface area (Å²) >= 11 is 0. The van der Waals surface area contributed by atoms with E-state index < -0.39 is 0 Å². The highest BCUT2D eigenvalue weighted by Gasteiger charge is 2.29. The van der Waals surface area contributed by atoms with Crippen LogP contribution in [0.25, 0.3) is 10.8 Å². The van der Waals surface area contributed by atoms with Gasteiger partial charge in [0.2, 0.25) is 0 Å². The number of rotatable bonds is 1. The second-order valence-electron chi connectivity index (χ2n) is 5.37. The molecule has 2 atom stereocenters. The zero-order chi connectivity index (χ0) is 12.7. The lowest BCUT2D eigenvalue weighted by molar-refractivity contribution is 0.0631. The van der Waals surface area contributed by atoms with Crippen LogP contribution in [0.4, 0.5) is 0 Å². The molecular formula is C16H19NO. The number of benzene rings is 2. The van der Waals surface area contributed by atoms with Crippen LogP contribution < -0.4 is 0 Å². The Labute approximate surface area is 108 Å². The van der Waals surface area contributed by atoms with Gasteiger partial charge in [0.1, 0.15) is 0 Å². The molecule has 2 aromatic carbocycles. The molecule has 0 bridgehead atoms. The maximum absolute atomic E-state index is 10.5. The molecular weight excluding hydrogens is 222 g/mol. The highest BCUT2D eigenvalue weighted by molar-refractivity contribution is 5.87. The van der Waals surface area contributed by atoms with Gasteiger partial charge in [0, 0.05) is 6.04 Å². The van der Waals surface area contributed by atoms with E-state index in [4.69, 9.17) is 0 Å². The van der Waals surface area contributed by atoms with Gasteiger partial charge in [0.05, 0.1) is 6.10 Å². The van der Waals surface area contributed by atoms with E-state index in [1.165, 1.54) is 16.3 Å². The van der Waals surface area contributed by atoms with Gasteiger partial charge in [-0.3, -0.25) is 0 Å². The quantitative estimate of drug-likeness (QED) is 0.830. The Hall–Kier alpha value is -1.38. The van der Waals surface area contributed by atoms with Crippen molar-refractivity contribution < 1.29 is 5.11 Å².